The van der Waals surface area contributed by atoms with E-state index < -0.39 is 0 Å². The maximum atomic E-state index is 11.6. The van der Waals surface area contributed by atoms with Crippen molar-refractivity contribution in [3.63, 3.8) is 0 Å². The maximum absolute atomic E-state index is 11.6. The summed E-state index contributed by atoms with van der Waals surface area (Å²) in [5, 5.41) is 8.50. The number of hydrogen-bond acceptors (Lipinski definition) is 2. The quantitative estimate of drug-likeness (QED) is 0.772. The molecule has 0 spiro atoms. The summed E-state index contributed by atoms with van der Waals surface area (Å²) in [5.41, 5.74) is 0.648. The molecule has 0 saturated heterocycles. The number of carbonyl (C=O) groups is 2. The normalized spacial score (nSPS) is 13.7. The Morgan fingerprint density at radius 3 is 2.47 bits per heavy atom. The Bertz CT molecular complexity index is 457. The second-order valence-corrected chi connectivity index (χ2v) is 5.00. The molecule has 6 heteroatoms. The van der Waals surface area contributed by atoms with Crippen LogP contribution < -0.4 is 16.0 Å². The van der Waals surface area contributed by atoms with Crippen LogP contribution in [0.5, 0.6) is 0 Å². The first kappa shape index (κ1) is 13.7. The lowest BCUT2D eigenvalue weighted by atomic mass is 10.3. The fourth-order valence-electron chi connectivity index (χ4n) is 1.52. The van der Waals surface area contributed by atoms with Crippen molar-refractivity contribution in [3.8, 4) is 0 Å². The molecule has 0 heterocycles. The second-order valence-electron chi connectivity index (χ2n) is 4.56. The van der Waals surface area contributed by atoms with Gasteiger partial charge in [-0.2, -0.15) is 0 Å². The third-order valence-corrected chi connectivity index (χ3v) is 3.04. The van der Waals surface area contributed by atoms with Gasteiger partial charge in [0.25, 0.3) is 0 Å². The van der Waals surface area contributed by atoms with E-state index in [2.05, 4.69) is 16.0 Å². The molecule has 5 nitrogen and oxygen atoms in total. The summed E-state index contributed by atoms with van der Waals surface area (Å²) in [6, 6.07) is 6.47. The van der Waals surface area contributed by atoms with E-state index in [0.29, 0.717) is 23.2 Å². The number of carbonyl (C=O) groups excluding carboxylic acids is 2. The van der Waals surface area contributed by atoms with Gasteiger partial charge >= 0.3 is 6.03 Å². The van der Waals surface area contributed by atoms with E-state index in [1.54, 1.807) is 24.3 Å². The zero-order valence-electron chi connectivity index (χ0n) is 10.4. The summed E-state index contributed by atoms with van der Waals surface area (Å²) < 4.78 is 0. The zero-order valence-corrected chi connectivity index (χ0v) is 11.2. The van der Waals surface area contributed by atoms with E-state index in [1.165, 1.54) is 12.8 Å². The summed E-state index contributed by atoms with van der Waals surface area (Å²) in [4.78, 5) is 22.9. The predicted molar refractivity (Wildman–Crippen MR) is 74.2 cm³/mol. The second kappa shape index (κ2) is 6.43. The minimum absolute atomic E-state index is 0.0564. The summed E-state index contributed by atoms with van der Waals surface area (Å²) in [6.07, 6.45) is 2.36. The summed E-state index contributed by atoms with van der Waals surface area (Å²) >= 11 is 5.74. The van der Waals surface area contributed by atoms with Crippen molar-refractivity contribution in [1.29, 1.82) is 0 Å². The molecule has 1 aromatic rings. The van der Waals surface area contributed by atoms with Crippen LogP contribution in [0.25, 0.3) is 0 Å². The summed E-state index contributed by atoms with van der Waals surface area (Å²) in [6.45, 7) is 0.629. The average Bonchev–Trinajstić information content (AvgIpc) is 3.21. The predicted octanol–water partition coefficient (Wildman–Crippen LogP) is 1.99. The lowest BCUT2D eigenvalue weighted by molar-refractivity contribution is -0.115. The Hall–Kier alpha value is -1.75. The number of halogens is 1. The van der Waals surface area contributed by atoms with Crippen LogP contribution in [0.4, 0.5) is 10.5 Å². The fourth-order valence-corrected chi connectivity index (χ4v) is 1.65. The van der Waals surface area contributed by atoms with E-state index in [0.717, 1.165) is 0 Å². The molecule has 1 aromatic carbocycles. The molecule has 102 valence electrons. The number of amides is 3. The van der Waals surface area contributed by atoms with Crippen molar-refractivity contribution < 1.29 is 9.59 Å². The first-order valence-electron chi connectivity index (χ1n) is 6.20. The number of benzene rings is 1. The first-order valence-corrected chi connectivity index (χ1v) is 6.58. The number of anilines is 1. The van der Waals surface area contributed by atoms with Crippen molar-refractivity contribution in [1.82, 2.24) is 10.6 Å². The van der Waals surface area contributed by atoms with Gasteiger partial charge in [-0.3, -0.25) is 4.79 Å². The van der Waals surface area contributed by atoms with Crippen LogP contribution in [0.2, 0.25) is 5.02 Å². The van der Waals surface area contributed by atoms with Gasteiger partial charge < -0.3 is 16.0 Å². The minimum atomic E-state index is -0.307. The largest absolute Gasteiger partial charge is 0.338 e. The van der Waals surface area contributed by atoms with Crippen molar-refractivity contribution >= 4 is 29.2 Å². The Balaban J connectivity index is 1.65. The van der Waals surface area contributed by atoms with E-state index in [1.807, 2.05) is 0 Å². The summed E-state index contributed by atoms with van der Waals surface area (Å²) in [7, 11) is 0. The van der Waals surface area contributed by atoms with Crippen LogP contribution in [0.3, 0.4) is 0 Å². The van der Waals surface area contributed by atoms with Crippen LogP contribution in [0.1, 0.15) is 12.8 Å². The molecule has 19 heavy (non-hydrogen) atoms. The molecule has 3 N–H and O–H groups in total. The van der Waals surface area contributed by atoms with Gasteiger partial charge in [0.05, 0.1) is 6.54 Å². The summed E-state index contributed by atoms with van der Waals surface area (Å²) in [5.74, 6) is 0.345. The Morgan fingerprint density at radius 2 is 1.84 bits per heavy atom. The molecule has 2 rings (SSSR count). The fraction of sp³-hybridized carbons (Fsp3) is 0.385. The van der Waals surface area contributed by atoms with Gasteiger partial charge in [0, 0.05) is 17.3 Å². The monoisotopic (exact) mass is 281 g/mol. The van der Waals surface area contributed by atoms with Crippen molar-refractivity contribution in [2.75, 3.05) is 18.4 Å². The van der Waals surface area contributed by atoms with E-state index in [9.17, 15) is 9.59 Å². The van der Waals surface area contributed by atoms with Crippen LogP contribution in [-0.4, -0.2) is 25.0 Å². The zero-order chi connectivity index (χ0) is 13.7. The highest BCUT2D eigenvalue weighted by atomic mass is 35.5. The van der Waals surface area contributed by atoms with E-state index >= 15 is 0 Å². The first-order chi connectivity index (χ1) is 9.13. The van der Waals surface area contributed by atoms with E-state index in [-0.39, 0.29) is 18.5 Å². The van der Waals surface area contributed by atoms with Crippen molar-refractivity contribution in [2.45, 2.75) is 12.8 Å². The lowest BCUT2D eigenvalue weighted by Gasteiger charge is -2.08. The Kier molecular flexibility index (Phi) is 4.63. The minimum Gasteiger partial charge on any atom is -0.338 e. The Morgan fingerprint density at radius 1 is 1.16 bits per heavy atom. The molecular formula is C13H16ClN3O2. The maximum Gasteiger partial charge on any atom is 0.315 e. The van der Waals surface area contributed by atoms with Crippen molar-refractivity contribution in [2.24, 2.45) is 5.92 Å². The highest BCUT2D eigenvalue weighted by molar-refractivity contribution is 6.30. The number of nitrogens with one attached hydrogen (secondary N) is 3. The smallest absolute Gasteiger partial charge is 0.315 e. The standard InChI is InChI=1S/C13H16ClN3O2/c14-10-3-5-11(6-4-10)17-12(18)8-16-13(19)15-7-9-1-2-9/h3-6,9H,1-2,7-8H2,(H,17,18)(H2,15,16,19). The molecule has 0 atom stereocenters. The number of hydrogen-bond donors (Lipinski definition) is 3. The number of urea groups is 1. The third-order valence-electron chi connectivity index (χ3n) is 2.79. The third kappa shape index (κ3) is 5.18. The van der Waals surface area contributed by atoms with Gasteiger partial charge in [0.15, 0.2) is 0 Å². The SMILES string of the molecule is O=C(CNC(=O)NCC1CC1)Nc1ccc(Cl)cc1. The number of rotatable bonds is 5. The van der Waals surface area contributed by atoms with Gasteiger partial charge in [-0.1, -0.05) is 11.6 Å². The topological polar surface area (TPSA) is 70.2 Å². The Labute approximate surface area is 116 Å². The molecule has 3 amide bonds. The molecule has 1 saturated carbocycles. The molecule has 1 aliphatic carbocycles. The van der Waals surface area contributed by atoms with Gasteiger partial charge in [0.1, 0.15) is 0 Å². The molecule has 0 radical (unpaired) electrons. The van der Waals surface area contributed by atoms with Gasteiger partial charge in [-0.25, -0.2) is 4.79 Å². The van der Waals surface area contributed by atoms with Crippen molar-refractivity contribution in [3.05, 3.63) is 29.3 Å². The molecule has 1 fully saturated rings. The van der Waals surface area contributed by atoms with Crippen LogP contribution in [0.15, 0.2) is 24.3 Å². The molecule has 0 aromatic heterocycles. The molecular weight excluding hydrogens is 266 g/mol. The highest BCUT2D eigenvalue weighted by Gasteiger charge is 2.21. The van der Waals surface area contributed by atoms with Crippen LogP contribution >= 0.6 is 11.6 Å². The van der Waals surface area contributed by atoms with Gasteiger partial charge in [-0.05, 0) is 43.0 Å². The van der Waals surface area contributed by atoms with Gasteiger partial charge in [-0.15, -0.1) is 0 Å². The highest BCUT2D eigenvalue weighted by Crippen LogP contribution is 2.27. The molecule has 0 bridgehead atoms. The van der Waals surface area contributed by atoms with Crippen LogP contribution in [0, 0.1) is 5.92 Å². The van der Waals surface area contributed by atoms with Gasteiger partial charge in [0.2, 0.25) is 5.91 Å². The van der Waals surface area contributed by atoms with Crippen LogP contribution in [-0.2, 0) is 4.79 Å². The average molecular weight is 282 g/mol. The molecule has 0 unspecified atom stereocenters. The van der Waals surface area contributed by atoms with E-state index in [4.69, 9.17) is 11.6 Å². The molecule has 1 aliphatic rings. The lowest BCUT2D eigenvalue weighted by Crippen LogP contribution is -2.40. The molecule has 0 aliphatic heterocycles.